The van der Waals surface area contributed by atoms with Crippen molar-refractivity contribution in [2.45, 2.75) is 6.04 Å². The SMILES string of the molecule is NC(=NC(=O)C(NC(=O)c1cc(Cl)cc(Cl)c1)c1ccc(Cl)c(Cl)c1)c1ccccc1. The molecule has 9 heteroatoms. The Morgan fingerprint density at radius 2 is 1.45 bits per heavy atom. The molecule has 1 unspecified atom stereocenters. The molecule has 0 aromatic heterocycles. The molecule has 0 fully saturated rings. The smallest absolute Gasteiger partial charge is 0.274 e. The number of hydrogen-bond donors (Lipinski definition) is 2. The molecule has 158 valence electrons. The average molecular weight is 495 g/mol. The van der Waals surface area contributed by atoms with Crippen LogP contribution in [0.25, 0.3) is 0 Å². The van der Waals surface area contributed by atoms with Gasteiger partial charge in [0, 0.05) is 21.2 Å². The van der Waals surface area contributed by atoms with E-state index in [9.17, 15) is 9.59 Å². The first-order chi connectivity index (χ1) is 14.7. The fourth-order valence-electron chi connectivity index (χ4n) is 2.74. The Hall–Kier alpha value is -2.57. The minimum absolute atomic E-state index is 0.00992. The lowest BCUT2D eigenvalue weighted by atomic mass is 10.1. The van der Waals surface area contributed by atoms with E-state index in [0.29, 0.717) is 16.1 Å². The Kier molecular flexibility index (Phi) is 7.57. The molecule has 3 rings (SSSR count). The first-order valence-electron chi connectivity index (χ1n) is 8.90. The van der Waals surface area contributed by atoms with Gasteiger partial charge in [-0.3, -0.25) is 9.59 Å². The minimum Gasteiger partial charge on any atom is -0.383 e. The van der Waals surface area contributed by atoms with Gasteiger partial charge in [-0.2, -0.15) is 4.99 Å². The molecular formula is C22H15Cl4N3O2. The molecule has 0 aliphatic rings. The van der Waals surface area contributed by atoms with Gasteiger partial charge in [0.25, 0.3) is 11.8 Å². The Morgan fingerprint density at radius 1 is 0.806 bits per heavy atom. The van der Waals surface area contributed by atoms with Crippen LogP contribution < -0.4 is 11.1 Å². The van der Waals surface area contributed by atoms with Gasteiger partial charge < -0.3 is 11.1 Å². The third-order valence-electron chi connectivity index (χ3n) is 4.22. The summed E-state index contributed by atoms with van der Waals surface area (Å²) in [5, 5.41) is 3.72. The van der Waals surface area contributed by atoms with Gasteiger partial charge in [0.1, 0.15) is 11.9 Å². The quantitative estimate of drug-likeness (QED) is 0.352. The summed E-state index contributed by atoms with van der Waals surface area (Å²) in [6.45, 7) is 0. The molecule has 2 amide bonds. The molecule has 0 saturated heterocycles. The predicted molar refractivity (Wildman–Crippen MR) is 125 cm³/mol. The van der Waals surface area contributed by atoms with Gasteiger partial charge in [0.2, 0.25) is 0 Å². The number of carbonyl (C=O) groups is 2. The maximum atomic E-state index is 13.0. The molecular weight excluding hydrogens is 480 g/mol. The van der Waals surface area contributed by atoms with Crippen LogP contribution in [0, 0.1) is 0 Å². The second-order valence-electron chi connectivity index (χ2n) is 6.44. The summed E-state index contributed by atoms with van der Waals surface area (Å²) in [4.78, 5) is 29.8. The molecule has 0 aliphatic carbocycles. The van der Waals surface area contributed by atoms with E-state index >= 15 is 0 Å². The molecule has 3 aromatic rings. The monoisotopic (exact) mass is 493 g/mol. The van der Waals surface area contributed by atoms with E-state index in [1.54, 1.807) is 30.3 Å². The van der Waals surface area contributed by atoms with E-state index in [1.807, 2.05) is 6.07 Å². The van der Waals surface area contributed by atoms with Crippen molar-refractivity contribution in [1.82, 2.24) is 5.32 Å². The maximum Gasteiger partial charge on any atom is 0.274 e. The van der Waals surface area contributed by atoms with E-state index in [4.69, 9.17) is 52.1 Å². The summed E-state index contributed by atoms with van der Waals surface area (Å²) in [5.74, 6) is -1.26. The summed E-state index contributed by atoms with van der Waals surface area (Å²) in [7, 11) is 0. The third-order valence-corrected chi connectivity index (χ3v) is 5.40. The van der Waals surface area contributed by atoms with Gasteiger partial charge in [-0.05, 0) is 35.9 Å². The van der Waals surface area contributed by atoms with E-state index in [-0.39, 0.29) is 26.5 Å². The number of hydrogen-bond acceptors (Lipinski definition) is 2. The normalized spacial score (nSPS) is 12.3. The second kappa shape index (κ2) is 10.2. The van der Waals surface area contributed by atoms with Gasteiger partial charge >= 0.3 is 0 Å². The van der Waals surface area contributed by atoms with E-state index < -0.39 is 17.9 Å². The third kappa shape index (κ3) is 5.99. The summed E-state index contributed by atoms with van der Waals surface area (Å²) in [6, 6.07) is 16.5. The van der Waals surface area contributed by atoms with Crippen LogP contribution in [-0.4, -0.2) is 17.6 Å². The van der Waals surface area contributed by atoms with Crippen molar-refractivity contribution in [2.75, 3.05) is 0 Å². The molecule has 0 bridgehead atoms. The van der Waals surface area contributed by atoms with E-state index in [1.165, 1.54) is 30.3 Å². The number of halogens is 4. The highest BCUT2D eigenvalue weighted by Gasteiger charge is 2.25. The fourth-order valence-corrected chi connectivity index (χ4v) is 3.57. The number of carbonyl (C=O) groups excluding carboxylic acids is 2. The number of benzene rings is 3. The summed E-state index contributed by atoms with van der Waals surface area (Å²) in [6.07, 6.45) is 0. The van der Waals surface area contributed by atoms with Crippen molar-refractivity contribution >= 4 is 64.1 Å². The van der Waals surface area contributed by atoms with Crippen molar-refractivity contribution in [3.8, 4) is 0 Å². The van der Waals surface area contributed by atoms with Gasteiger partial charge in [-0.25, -0.2) is 0 Å². The molecule has 1 atom stereocenters. The van der Waals surface area contributed by atoms with Crippen molar-refractivity contribution < 1.29 is 9.59 Å². The number of aliphatic imine (C=N–C) groups is 1. The second-order valence-corrected chi connectivity index (χ2v) is 8.13. The van der Waals surface area contributed by atoms with Gasteiger partial charge in [0.05, 0.1) is 10.0 Å². The van der Waals surface area contributed by atoms with E-state index in [0.717, 1.165) is 0 Å². The first-order valence-corrected chi connectivity index (χ1v) is 10.4. The van der Waals surface area contributed by atoms with Gasteiger partial charge in [-0.15, -0.1) is 0 Å². The molecule has 0 aliphatic heterocycles. The first kappa shape index (κ1) is 23.1. The number of amides is 2. The van der Waals surface area contributed by atoms with Crippen LogP contribution in [0.15, 0.2) is 71.7 Å². The van der Waals surface area contributed by atoms with Crippen LogP contribution in [0.1, 0.15) is 27.5 Å². The van der Waals surface area contributed by atoms with Crippen molar-refractivity contribution in [3.63, 3.8) is 0 Å². The number of rotatable bonds is 5. The van der Waals surface area contributed by atoms with Crippen LogP contribution in [0.3, 0.4) is 0 Å². The highest BCUT2D eigenvalue weighted by Crippen LogP contribution is 2.27. The van der Waals surface area contributed by atoms with Crippen LogP contribution in [0.5, 0.6) is 0 Å². The molecule has 5 nitrogen and oxygen atoms in total. The van der Waals surface area contributed by atoms with Crippen molar-refractivity contribution in [2.24, 2.45) is 10.7 Å². The zero-order chi connectivity index (χ0) is 22.5. The highest BCUT2D eigenvalue weighted by molar-refractivity contribution is 6.42. The molecule has 0 heterocycles. The van der Waals surface area contributed by atoms with Crippen LogP contribution >= 0.6 is 46.4 Å². The minimum atomic E-state index is -1.18. The van der Waals surface area contributed by atoms with Gasteiger partial charge in [-0.1, -0.05) is 82.8 Å². The molecule has 0 spiro atoms. The maximum absolute atomic E-state index is 13.0. The zero-order valence-corrected chi connectivity index (χ0v) is 18.8. The topological polar surface area (TPSA) is 84.5 Å². The largest absolute Gasteiger partial charge is 0.383 e. The number of nitrogens with two attached hydrogens (primary N) is 1. The van der Waals surface area contributed by atoms with Gasteiger partial charge in [0.15, 0.2) is 0 Å². The molecule has 3 aromatic carbocycles. The van der Waals surface area contributed by atoms with Crippen molar-refractivity contribution in [3.05, 3.63) is 104 Å². The Labute approximate surface area is 198 Å². The predicted octanol–water partition coefficient (Wildman–Crippen LogP) is 5.70. The lowest BCUT2D eigenvalue weighted by Gasteiger charge is -2.17. The molecule has 0 saturated carbocycles. The molecule has 0 radical (unpaired) electrons. The molecule has 3 N–H and O–H groups in total. The lowest BCUT2D eigenvalue weighted by molar-refractivity contribution is -0.119. The van der Waals surface area contributed by atoms with Crippen molar-refractivity contribution in [1.29, 1.82) is 0 Å². The van der Waals surface area contributed by atoms with E-state index in [2.05, 4.69) is 10.3 Å². The number of nitrogens with zero attached hydrogens (tertiary/aromatic N) is 1. The zero-order valence-electron chi connectivity index (χ0n) is 15.8. The lowest BCUT2D eigenvalue weighted by Crippen LogP contribution is -2.34. The van der Waals surface area contributed by atoms with Crippen LogP contribution in [0.4, 0.5) is 0 Å². The van der Waals surface area contributed by atoms with Crippen LogP contribution in [0.2, 0.25) is 20.1 Å². The summed E-state index contributed by atoms with van der Waals surface area (Å²) >= 11 is 24.1. The average Bonchev–Trinajstić information content (AvgIpc) is 2.73. The Bertz CT molecular complexity index is 1150. The number of amidine groups is 1. The van der Waals surface area contributed by atoms with Crippen LogP contribution in [-0.2, 0) is 4.79 Å². The Balaban J connectivity index is 1.97. The standard InChI is InChI=1S/C22H15Cl4N3O2/c23-15-8-14(9-16(24)11-15)21(30)28-19(13-6-7-17(25)18(26)10-13)22(31)29-20(27)12-4-2-1-3-5-12/h1-11,19H,(H,28,30)(H2,27,29,31). The summed E-state index contributed by atoms with van der Waals surface area (Å²) < 4.78 is 0. The number of nitrogens with one attached hydrogen (secondary N) is 1. The summed E-state index contributed by atoms with van der Waals surface area (Å²) in [5.41, 5.74) is 7.10. The molecule has 31 heavy (non-hydrogen) atoms. The fraction of sp³-hybridized carbons (Fsp3) is 0.0455. The Morgan fingerprint density at radius 3 is 2.06 bits per heavy atom. The highest BCUT2D eigenvalue weighted by atomic mass is 35.5.